The van der Waals surface area contributed by atoms with Crippen LogP contribution in [0.4, 0.5) is 0 Å². The molecule has 1 aromatic heterocycles. The summed E-state index contributed by atoms with van der Waals surface area (Å²) >= 11 is 0. The lowest BCUT2D eigenvalue weighted by atomic mass is 10.1. The molecule has 1 fully saturated rings. The van der Waals surface area contributed by atoms with Crippen LogP contribution in [0.2, 0.25) is 0 Å². The molecule has 0 saturated heterocycles. The molecule has 0 amide bonds. The number of nitrogens with zero attached hydrogens (tertiary/aromatic N) is 1. The molecule has 0 aliphatic heterocycles. The number of aryl methyl sites for hydroxylation is 1. The van der Waals surface area contributed by atoms with Crippen LogP contribution < -0.4 is 0 Å². The summed E-state index contributed by atoms with van der Waals surface area (Å²) in [5.41, 5.74) is 2.49. The lowest BCUT2D eigenvalue weighted by molar-refractivity contribution is 0.274. The van der Waals surface area contributed by atoms with Crippen LogP contribution in [0.15, 0.2) is 18.5 Å². The summed E-state index contributed by atoms with van der Waals surface area (Å²) in [6, 6.07) is 2.16. The minimum Gasteiger partial charge on any atom is -0.396 e. The molecule has 64 valence electrons. The number of aromatic nitrogens is 1. The molecule has 2 rings (SSSR count). The van der Waals surface area contributed by atoms with Gasteiger partial charge in [0.25, 0.3) is 0 Å². The third-order valence-corrected chi connectivity index (χ3v) is 2.48. The van der Waals surface area contributed by atoms with E-state index in [1.807, 2.05) is 19.3 Å². The Hall–Kier alpha value is -0.890. The van der Waals surface area contributed by atoms with Gasteiger partial charge in [-0.2, -0.15) is 0 Å². The number of hydrogen-bond donors (Lipinski definition) is 1. The average molecular weight is 163 g/mol. The molecule has 1 aliphatic carbocycles. The van der Waals surface area contributed by atoms with Crippen LogP contribution in [0.5, 0.6) is 0 Å². The fourth-order valence-corrected chi connectivity index (χ4v) is 1.64. The first-order valence-corrected chi connectivity index (χ1v) is 4.33. The van der Waals surface area contributed by atoms with Gasteiger partial charge in [0.05, 0.1) is 0 Å². The average Bonchev–Trinajstić information content (AvgIpc) is 2.83. The fourth-order valence-electron chi connectivity index (χ4n) is 1.64. The van der Waals surface area contributed by atoms with Crippen LogP contribution >= 0.6 is 0 Å². The van der Waals surface area contributed by atoms with E-state index >= 15 is 0 Å². The van der Waals surface area contributed by atoms with E-state index in [9.17, 15) is 0 Å². The smallest absolute Gasteiger partial charge is 0.0465 e. The first-order valence-electron chi connectivity index (χ1n) is 4.33. The Kier molecular flexibility index (Phi) is 1.85. The van der Waals surface area contributed by atoms with Crippen molar-refractivity contribution in [2.45, 2.75) is 19.3 Å². The van der Waals surface area contributed by atoms with Crippen molar-refractivity contribution in [2.24, 2.45) is 5.92 Å². The number of hydrogen-bond acceptors (Lipinski definition) is 2. The second kappa shape index (κ2) is 2.87. The lowest BCUT2D eigenvalue weighted by Gasteiger charge is -1.98. The highest BCUT2D eigenvalue weighted by molar-refractivity contribution is 5.26. The third-order valence-electron chi connectivity index (χ3n) is 2.48. The molecule has 0 radical (unpaired) electrons. The molecule has 2 nitrogen and oxygen atoms in total. The molecule has 1 aliphatic rings. The van der Waals surface area contributed by atoms with Gasteiger partial charge in [0, 0.05) is 19.0 Å². The molecule has 2 heteroatoms. The summed E-state index contributed by atoms with van der Waals surface area (Å²) in [5.74, 6) is 1.07. The first kappa shape index (κ1) is 7.74. The molecule has 2 atom stereocenters. The summed E-state index contributed by atoms with van der Waals surface area (Å²) in [7, 11) is 0. The van der Waals surface area contributed by atoms with Crippen LogP contribution in [0, 0.1) is 12.8 Å². The Bertz CT molecular complexity index is 285. The zero-order valence-electron chi connectivity index (χ0n) is 7.20. The quantitative estimate of drug-likeness (QED) is 0.716. The monoisotopic (exact) mass is 163 g/mol. The van der Waals surface area contributed by atoms with Crippen molar-refractivity contribution < 1.29 is 5.11 Å². The van der Waals surface area contributed by atoms with Crippen molar-refractivity contribution >= 4 is 0 Å². The molecular formula is C10H13NO. The van der Waals surface area contributed by atoms with Gasteiger partial charge in [-0.05, 0) is 36.3 Å². The van der Waals surface area contributed by atoms with Crippen LogP contribution in [-0.4, -0.2) is 16.7 Å². The summed E-state index contributed by atoms with van der Waals surface area (Å²) in [4.78, 5) is 4.13. The summed E-state index contributed by atoms with van der Waals surface area (Å²) in [6.07, 6.45) is 4.90. The molecule has 1 N–H and O–H groups in total. The maximum Gasteiger partial charge on any atom is 0.0465 e. The zero-order chi connectivity index (χ0) is 8.55. The minimum absolute atomic E-state index is 0.318. The van der Waals surface area contributed by atoms with E-state index in [1.165, 1.54) is 11.1 Å². The van der Waals surface area contributed by atoms with Gasteiger partial charge in [0.2, 0.25) is 0 Å². The van der Waals surface area contributed by atoms with Crippen LogP contribution in [-0.2, 0) is 0 Å². The highest BCUT2D eigenvalue weighted by Gasteiger charge is 2.37. The zero-order valence-corrected chi connectivity index (χ0v) is 7.20. The summed E-state index contributed by atoms with van der Waals surface area (Å²) < 4.78 is 0. The van der Waals surface area contributed by atoms with Crippen molar-refractivity contribution in [3.8, 4) is 0 Å². The molecular weight excluding hydrogens is 150 g/mol. The maximum atomic E-state index is 8.89. The highest BCUT2D eigenvalue weighted by atomic mass is 16.3. The number of aliphatic hydroxyl groups excluding tert-OH is 1. The Balaban J connectivity index is 2.14. The van der Waals surface area contributed by atoms with E-state index in [2.05, 4.69) is 11.1 Å². The Morgan fingerprint density at radius 2 is 2.42 bits per heavy atom. The minimum atomic E-state index is 0.318. The molecule has 1 aromatic rings. The number of pyridine rings is 1. The molecule has 0 unspecified atom stereocenters. The van der Waals surface area contributed by atoms with E-state index in [-0.39, 0.29) is 0 Å². The van der Waals surface area contributed by atoms with E-state index in [0.29, 0.717) is 18.4 Å². The van der Waals surface area contributed by atoms with Gasteiger partial charge in [0.1, 0.15) is 0 Å². The molecule has 0 bridgehead atoms. The van der Waals surface area contributed by atoms with E-state index in [0.717, 1.165) is 6.42 Å². The first-order chi connectivity index (χ1) is 5.81. The van der Waals surface area contributed by atoms with Crippen LogP contribution in [0.1, 0.15) is 23.5 Å². The topological polar surface area (TPSA) is 33.1 Å². The Morgan fingerprint density at radius 3 is 3.00 bits per heavy atom. The second-order valence-corrected chi connectivity index (χ2v) is 3.58. The van der Waals surface area contributed by atoms with Gasteiger partial charge in [-0.1, -0.05) is 6.07 Å². The van der Waals surface area contributed by atoms with E-state index < -0.39 is 0 Å². The van der Waals surface area contributed by atoms with E-state index in [1.54, 1.807) is 0 Å². The summed E-state index contributed by atoms with van der Waals surface area (Å²) in [5, 5.41) is 8.89. The van der Waals surface area contributed by atoms with Gasteiger partial charge in [0.15, 0.2) is 0 Å². The number of rotatable bonds is 2. The van der Waals surface area contributed by atoms with Crippen LogP contribution in [0.25, 0.3) is 0 Å². The lowest BCUT2D eigenvalue weighted by Crippen LogP contribution is -1.90. The van der Waals surface area contributed by atoms with Crippen molar-refractivity contribution in [3.63, 3.8) is 0 Å². The molecule has 1 heterocycles. The second-order valence-electron chi connectivity index (χ2n) is 3.58. The van der Waals surface area contributed by atoms with Gasteiger partial charge < -0.3 is 5.11 Å². The SMILES string of the molecule is Cc1cncc([C@@H]2C[C@H]2CO)c1. The van der Waals surface area contributed by atoms with E-state index in [4.69, 9.17) is 5.11 Å². The fraction of sp³-hybridized carbons (Fsp3) is 0.500. The standard InChI is InChI=1S/C10H13NO/c1-7-2-8(5-11-4-7)10-3-9(10)6-12/h2,4-5,9-10,12H,3,6H2,1H3/t9-,10-/m0/s1. The van der Waals surface area contributed by atoms with Gasteiger partial charge in [-0.3, -0.25) is 4.98 Å². The van der Waals surface area contributed by atoms with Crippen LogP contribution in [0.3, 0.4) is 0 Å². The molecule has 0 aromatic carbocycles. The number of aliphatic hydroxyl groups is 1. The Labute approximate surface area is 72.3 Å². The maximum absolute atomic E-state index is 8.89. The summed E-state index contributed by atoms with van der Waals surface area (Å²) in [6.45, 7) is 2.37. The van der Waals surface area contributed by atoms with Gasteiger partial charge in [-0.25, -0.2) is 0 Å². The van der Waals surface area contributed by atoms with Crippen molar-refractivity contribution in [1.82, 2.24) is 4.98 Å². The predicted molar refractivity (Wildman–Crippen MR) is 46.9 cm³/mol. The van der Waals surface area contributed by atoms with Crippen molar-refractivity contribution in [3.05, 3.63) is 29.6 Å². The van der Waals surface area contributed by atoms with Gasteiger partial charge in [-0.15, -0.1) is 0 Å². The van der Waals surface area contributed by atoms with Crippen molar-refractivity contribution in [2.75, 3.05) is 6.61 Å². The predicted octanol–water partition coefficient (Wildman–Crippen LogP) is 1.49. The largest absolute Gasteiger partial charge is 0.396 e. The molecule has 12 heavy (non-hydrogen) atoms. The Morgan fingerprint density at radius 1 is 1.58 bits per heavy atom. The molecule has 1 saturated carbocycles. The molecule has 0 spiro atoms. The normalized spacial score (nSPS) is 27.2. The third kappa shape index (κ3) is 1.34. The highest BCUT2D eigenvalue weighted by Crippen LogP contribution is 2.46. The van der Waals surface area contributed by atoms with Crippen molar-refractivity contribution in [1.29, 1.82) is 0 Å². The van der Waals surface area contributed by atoms with Gasteiger partial charge >= 0.3 is 0 Å².